The standard InChI is InChI=1S/C25H21NO6/c1-3-30-18-12-14-19(15-13-18)31-16(2)25(29)32-20-10-8-17(9-11-20)26-23(27)21-6-4-5-7-22(21)24(26)28/h4-16H,3H2,1-2H3. The minimum Gasteiger partial charge on any atom is -0.494 e. The molecule has 1 heterocycles. The highest BCUT2D eigenvalue weighted by molar-refractivity contribution is 6.34. The molecule has 1 aliphatic heterocycles. The van der Waals surface area contributed by atoms with Gasteiger partial charge in [0.2, 0.25) is 0 Å². The molecule has 7 heteroatoms. The second-order valence-corrected chi connectivity index (χ2v) is 7.07. The topological polar surface area (TPSA) is 82.1 Å². The van der Waals surface area contributed by atoms with Crippen LogP contribution in [0.15, 0.2) is 72.8 Å². The van der Waals surface area contributed by atoms with E-state index in [1.807, 2.05) is 6.92 Å². The summed E-state index contributed by atoms with van der Waals surface area (Å²) in [5.41, 5.74) is 1.14. The van der Waals surface area contributed by atoms with Crippen LogP contribution in [0.5, 0.6) is 17.2 Å². The molecule has 32 heavy (non-hydrogen) atoms. The highest BCUT2D eigenvalue weighted by Crippen LogP contribution is 2.29. The molecule has 0 N–H and O–H groups in total. The van der Waals surface area contributed by atoms with E-state index in [4.69, 9.17) is 14.2 Å². The van der Waals surface area contributed by atoms with Crippen LogP contribution in [0.1, 0.15) is 34.6 Å². The lowest BCUT2D eigenvalue weighted by molar-refractivity contribution is -0.141. The highest BCUT2D eigenvalue weighted by atomic mass is 16.6. The molecule has 0 saturated heterocycles. The number of ether oxygens (including phenoxy) is 3. The molecule has 3 aromatic carbocycles. The monoisotopic (exact) mass is 431 g/mol. The molecule has 162 valence electrons. The predicted molar refractivity (Wildman–Crippen MR) is 117 cm³/mol. The first kappa shape index (κ1) is 21.1. The van der Waals surface area contributed by atoms with E-state index in [-0.39, 0.29) is 17.6 Å². The van der Waals surface area contributed by atoms with Gasteiger partial charge in [0.25, 0.3) is 11.8 Å². The van der Waals surface area contributed by atoms with Gasteiger partial charge in [0.1, 0.15) is 17.2 Å². The van der Waals surface area contributed by atoms with Crippen LogP contribution in [0.2, 0.25) is 0 Å². The molecular formula is C25H21NO6. The predicted octanol–water partition coefficient (Wildman–Crippen LogP) is 4.26. The fourth-order valence-corrected chi connectivity index (χ4v) is 3.32. The second-order valence-electron chi connectivity index (χ2n) is 7.07. The van der Waals surface area contributed by atoms with E-state index >= 15 is 0 Å². The van der Waals surface area contributed by atoms with Gasteiger partial charge in [-0.3, -0.25) is 9.59 Å². The number of imide groups is 1. The van der Waals surface area contributed by atoms with Crippen molar-refractivity contribution in [1.29, 1.82) is 0 Å². The van der Waals surface area contributed by atoms with Crippen molar-refractivity contribution < 1.29 is 28.6 Å². The summed E-state index contributed by atoms with van der Waals surface area (Å²) >= 11 is 0. The smallest absolute Gasteiger partial charge is 0.352 e. The van der Waals surface area contributed by atoms with Crippen LogP contribution in [0.3, 0.4) is 0 Å². The molecule has 0 fully saturated rings. The summed E-state index contributed by atoms with van der Waals surface area (Å²) in [7, 11) is 0. The summed E-state index contributed by atoms with van der Waals surface area (Å²) in [6.45, 7) is 4.05. The van der Waals surface area contributed by atoms with Crippen molar-refractivity contribution in [3.8, 4) is 17.2 Å². The Balaban J connectivity index is 1.39. The van der Waals surface area contributed by atoms with Crippen molar-refractivity contribution in [2.45, 2.75) is 20.0 Å². The second kappa shape index (κ2) is 8.93. The quantitative estimate of drug-likeness (QED) is 0.316. The molecule has 4 rings (SSSR count). The van der Waals surface area contributed by atoms with E-state index in [0.717, 1.165) is 4.90 Å². The minimum absolute atomic E-state index is 0.275. The first-order valence-corrected chi connectivity index (χ1v) is 10.2. The molecule has 0 aromatic heterocycles. The number of carbonyl (C=O) groups excluding carboxylic acids is 3. The van der Waals surface area contributed by atoms with Gasteiger partial charge >= 0.3 is 5.97 Å². The molecular weight excluding hydrogens is 410 g/mol. The van der Waals surface area contributed by atoms with E-state index in [0.29, 0.717) is 34.9 Å². The van der Waals surface area contributed by atoms with Gasteiger partial charge < -0.3 is 14.2 Å². The zero-order chi connectivity index (χ0) is 22.7. The Morgan fingerprint density at radius 2 is 1.34 bits per heavy atom. The highest BCUT2D eigenvalue weighted by Gasteiger charge is 2.36. The molecule has 0 radical (unpaired) electrons. The number of amides is 2. The first-order valence-electron chi connectivity index (χ1n) is 10.2. The van der Waals surface area contributed by atoms with Crippen LogP contribution >= 0.6 is 0 Å². The minimum atomic E-state index is -0.844. The molecule has 0 bridgehead atoms. The molecule has 7 nitrogen and oxygen atoms in total. The number of anilines is 1. The zero-order valence-corrected chi connectivity index (χ0v) is 17.6. The maximum atomic E-state index is 12.6. The summed E-state index contributed by atoms with van der Waals surface area (Å²) in [4.78, 5) is 38.7. The lowest BCUT2D eigenvalue weighted by atomic mass is 10.1. The number of esters is 1. The fourth-order valence-electron chi connectivity index (χ4n) is 3.32. The third kappa shape index (κ3) is 4.18. The van der Waals surface area contributed by atoms with Gasteiger partial charge in [0.05, 0.1) is 23.4 Å². The Bertz CT molecular complexity index is 1120. The first-order chi connectivity index (χ1) is 15.5. The van der Waals surface area contributed by atoms with E-state index < -0.39 is 12.1 Å². The van der Waals surface area contributed by atoms with Crippen molar-refractivity contribution in [2.24, 2.45) is 0 Å². The summed E-state index contributed by atoms with van der Waals surface area (Å²) < 4.78 is 16.4. The van der Waals surface area contributed by atoms with Gasteiger partial charge in [-0.05, 0) is 74.5 Å². The van der Waals surface area contributed by atoms with Crippen LogP contribution < -0.4 is 19.1 Å². The summed E-state index contributed by atoms with van der Waals surface area (Å²) in [5, 5.41) is 0. The van der Waals surface area contributed by atoms with Gasteiger partial charge in [-0.25, -0.2) is 9.69 Å². The molecule has 0 spiro atoms. The summed E-state index contributed by atoms with van der Waals surface area (Å²) in [6.07, 6.45) is -0.844. The maximum absolute atomic E-state index is 12.6. The molecule has 1 aliphatic rings. The Morgan fingerprint density at radius 1 is 0.812 bits per heavy atom. The molecule has 0 aliphatic carbocycles. The van der Waals surface area contributed by atoms with Crippen molar-refractivity contribution in [2.75, 3.05) is 11.5 Å². The maximum Gasteiger partial charge on any atom is 0.352 e. The van der Waals surface area contributed by atoms with E-state index in [9.17, 15) is 14.4 Å². The Morgan fingerprint density at radius 3 is 1.91 bits per heavy atom. The molecule has 1 unspecified atom stereocenters. The number of rotatable bonds is 7. The number of carbonyl (C=O) groups is 3. The SMILES string of the molecule is CCOc1ccc(OC(C)C(=O)Oc2ccc(N3C(=O)c4ccccc4C3=O)cc2)cc1. The Labute approximate surface area is 185 Å². The van der Waals surface area contributed by atoms with Gasteiger partial charge in [-0.2, -0.15) is 0 Å². The van der Waals surface area contributed by atoms with Crippen molar-refractivity contribution in [1.82, 2.24) is 0 Å². The van der Waals surface area contributed by atoms with Gasteiger partial charge in [0, 0.05) is 0 Å². The largest absolute Gasteiger partial charge is 0.494 e. The Hall–Kier alpha value is -4.13. The molecule has 0 saturated carbocycles. The summed E-state index contributed by atoms with van der Waals surface area (Å²) in [5.74, 6) is 0.164. The fraction of sp³-hybridized carbons (Fsp3) is 0.160. The van der Waals surface area contributed by atoms with Crippen molar-refractivity contribution >= 4 is 23.5 Å². The third-order valence-electron chi connectivity index (χ3n) is 4.89. The van der Waals surface area contributed by atoms with Crippen LogP contribution in [-0.4, -0.2) is 30.5 Å². The molecule has 3 aromatic rings. The number of nitrogens with zero attached hydrogens (tertiary/aromatic N) is 1. The molecule has 1 atom stereocenters. The van der Waals surface area contributed by atoms with E-state index in [1.165, 1.54) is 12.1 Å². The lowest BCUT2D eigenvalue weighted by Gasteiger charge is -2.16. The third-order valence-corrected chi connectivity index (χ3v) is 4.89. The summed E-state index contributed by atoms with van der Waals surface area (Å²) in [6, 6.07) is 19.8. The average molecular weight is 431 g/mol. The van der Waals surface area contributed by atoms with Gasteiger partial charge in [-0.1, -0.05) is 12.1 Å². The van der Waals surface area contributed by atoms with Crippen molar-refractivity contribution in [3.05, 3.63) is 83.9 Å². The van der Waals surface area contributed by atoms with Gasteiger partial charge in [0.15, 0.2) is 6.10 Å². The van der Waals surface area contributed by atoms with Crippen LogP contribution in [0.4, 0.5) is 5.69 Å². The van der Waals surface area contributed by atoms with E-state index in [1.54, 1.807) is 67.6 Å². The van der Waals surface area contributed by atoms with Gasteiger partial charge in [-0.15, -0.1) is 0 Å². The molecule has 2 amide bonds. The number of benzene rings is 3. The average Bonchev–Trinajstić information content (AvgIpc) is 3.06. The van der Waals surface area contributed by atoms with E-state index in [2.05, 4.69) is 0 Å². The normalized spacial score (nSPS) is 13.5. The Kier molecular flexibility index (Phi) is 5.89. The lowest BCUT2D eigenvalue weighted by Crippen LogP contribution is -2.29. The van der Waals surface area contributed by atoms with Crippen LogP contribution in [0, 0.1) is 0 Å². The number of hydrogen-bond donors (Lipinski definition) is 0. The van der Waals surface area contributed by atoms with Crippen LogP contribution in [-0.2, 0) is 4.79 Å². The number of fused-ring (bicyclic) bond motifs is 1. The number of hydrogen-bond acceptors (Lipinski definition) is 6. The van der Waals surface area contributed by atoms with Crippen LogP contribution in [0.25, 0.3) is 0 Å². The zero-order valence-electron chi connectivity index (χ0n) is 17.6. The van der Waals surface area contributed by atoms with Crippen molar-refractivity contribution in [3.63, 3.8) is 0 Å².